The summed E-state index contributed by atoms with van der Waals surface area (Å²) in [6, 6.07) is 4.72. The van der Waals surface area contributed by atoms with Crippen molar-refractivity contribution in [2.24, 2.45) is 5.41 Å². The van der Waals surface area contributed by atoms with E-state index in [9.17, 15) is 14.3 Å². The first-order chi connectivity index (χ1) is 9.39. The molecule has 5 heteroatoms. The molecule has 1 heterocycles. The number of nitrogens with zero attached hydrogens (tertiary/aromatic N) is 1. The number of rotatable bonds is 4. The molecule has 1 fully saturated rings. The van der Waals surface area contributed by atoms with Crippen molar-refractivity contribution in [1.82, 2.24) is 4.90 Å². The SMILES string of the molecule is CCC1(C(=O)O)CCN(C(C)c2ccc(F)cc2Br)C1. The van der Waals surface area contributed by atoms with Gasteiger partial charge in [-0.15, -0.1) is 0 Å². The molecule has 0 bridgehead atoms. The number of hydrogen-bond donors (Lipinski definition) is 1. The highest BCUT2D eigenvalue weighted by Crippen LogP contribution is 2.39. The molecule has 1 aromatic rings. The van der Waals surface area contributed by atoms with E-state index in [0.29, 0.717) is 19.4 Å². The Bertz CT molecular complexity index is 523. The van der Waals surface area contributed by atoms with Gasteiger partial charge in [-0.05, 0) is 44.0 Å². The fourth-order valence-corrected chi connectivity index (χ4v) is 3.57. The summed E-state index contributed by atoms with van der Waals surface area (Å²) in [5.74, 6) is -0.990. The molecule has 0 amide bonds. The summed E-state index contributed by atoms with van der Waals surface area (Å²) >= 11 is 3.39. The van der Waals surface area contributed by atoms with Crippen LogP contribution in [0.1, 0.15) is 38.3 Å². The summed E-state index contributed by atoms with van der Waals surface area (Å²) in [6.07, 6.45) is 1.30. The Hall–Kier alpha value is -0.940. The highest BCUT2D eigenvalue weighted by atomic mass is 79.9. The number of aliphatic carboxylic acids is 1. The summed E-state index contributed by atoms with van der Waals surface area (Å²) in [7, 11) is 0. The summed E-state index contributed by atoms with van der Waals surface area (Å²) in [5, 5.41) is 9.44. The van der Waals surface area contributed by atoms with Crippen LogP contribution < -0.4 is 0 Å². The lowest BCUT2D eigenvalue weighted by atomic mass is 9.84. The molecule has 0 radical (unpaired) electrons. The smallest absolute Gasteiger partial charge is 0.310 e. The first-order valence-corrected chi connectivity index (χ1v) is 7.61. The Morgan fingerprint density at radius 2 is 2.30 bits per heavy atom. The predicted molar refractivity (Wildman–Crippen MR) is 79.1 cm³/mol. The van der Waals surface area contributed by atoms with Crippen LogP contribution in [-0.4, -0.2) is 29.1 Å². The van der Waals surface area contributed by atoms with Gasteiger partial charge in [0.2, 0.25) is 0 Å². The van der Waals surface area contributed by atoms with E-state index in [1.165, 1.54) is 12.1 Å². The third kappa shape index (κ3) is 2.74. The normalized spacial score (nSPS) is 24.8. The lowest BCUT2D eigenvalue weighted by Crippen LogP contribution is -2.35. The highest BCUT2D eigenvalue weighted by molar-refractivity contribution is 9.10. The maximum Gasteiger partial charge on any atom is 0.310 e. The number of hydrogen-bond acceptors (Lipinski definition) is 2. The quantitative estimate of drug-likeness (QED) is 0.902. The Labute approximate surface area is 126 Å². The molecule has 1 aliphatic heterocycles. The number of likely N-dealkylation sites (tertiary alicyclic amines) is 1. The Kier molecular flexibility index (Phi) is 4.49. The largest absolute Gasteiger partial charge is 0.481 e. The van der Waals surface area contributed by atoms with E-state index < -0.39 is 11.4 Å². The molecule has 2 atom stereocenters. The minimum absolute atomic E-state index is 0.0674. The first kappa shape index (κ1) is 15.4. The Balaban J connectivity index is 2.19. The molecule has 1 N–H and O–H groups in total. The first-order valence-electron chi connectivity index (χ1n) is 6.82. The fourth-order valence-electron chi connectivity index (χ4n) is 2.89. The van der Waals surface area contributed by atoms with Crippen LogP contribution in [0.25, 0.3) is 0 Å². The number of carboxylic acid groups (broad SMARTS) is 1. The van der Waals surface area contributed by atoms with Gasteiger partial charge in [-0.2, -0.15) is 0 Å². The summed E-state index contributed by atoms with van der Waals surface area (Å²) in [4.78, 5) is 13.6. The van der Waals surface area contributed by atoms with E-state index >= 15 is 0 Å². The van der Waals surface area contributed by atoms with E-state index in [-0.39, 0.29) is 11.9 Å². The van der Waals surface area contributed by atoms with Crippen LogP contribution in [-0.2, 0) is 4.79 Å². The topological polar surface area (TPSA) is 40.5 Å². The maximum absolute atomic E-state index is 13.2. The second-order valence-electron chi connectivity index (χ2n) is 5.50. The summed E-state index contributed by atoms with van der Waals surface area (Å²) < 4.78 is 13.9. The molecule has 0 saturated carbocycles. The Morgan fingerprint density at radius 1 is 1.60 bits per heavy atom. The van der Waals surface area contributed by atoms with Crippen LogP contribution in [0, 0.1) is 11.2 Å². The average molecular weight is 344 g/mol. The van der Waals surface area contributed by atoms with Crippen LogP contribution >= 0.6 is 15.9 Å². The Morgan fingerprint density at radius 3 is 2.80 bits per heavy atom. The van der Waals surface area contributed by atoms with Crippen molar-refractivity contribution >= 4 is 21.9 Å². The summed E-state index contributed by atoms with van der Waals surface area (Å²) in [6.45, 7) is 5.26. The second kappa shape index (κ2) is 5.82. The minimum Gasteiger partial charge on any atom is -0.481 e. The molecular formula is C15H19BrFNO2. The zero-order valence-corrected chi connectivity index (χ0v) is 13.3. The second-order valence-corrected chi connectivity index (χ2v) is 6.36. The molecule has 20 heavy (non-hydrogen) atoms. The summed E-state index contributed by atoms with van der Waals surface area (Å²) in [5.41, 5.74) is 0.351. The molecule has 1 aromatic carbocycles. The molecule has 3 nitrogen and oxygen atoms in total. The number of halogens is 2. The molecule has 110 valence electrons. The van der Waals surface area contributed by atoms with Gasteiger partial charge in [-0.3, -0.25) is 9.69 Å². The molecule has 2 rings (SSSR count). The minimum atomic E-state index is -0.715. The zero-order valence-electron chi connectivity index (χ0n) is 11.7. The van der Waals surface area contributed by atoms with Crippen molar-refractivity contribution in [2.45, 2.75) is 32.7 Å². The third-order valence-corrected chi connectivity index (χ3v) is 5.16. The van der Waals surface area contributed by atoms with E-state index in [0.717, 1.165) is 16.6 Å². The molecule has 0 aliphatic carbocycles. The van der Waals surface area contributed by atoms with Crippen LogP contribution in [0.4, 0.5) is 4.39 Å². The van der Waals surface area contributed by atoms with E-state index in [4.69, 9.17) is 0 Å². The number of benzene rings is 1. The van der Waals surface area contributed by atoms with Gasteiger partial charge in [0.25, 0.3) is 0 Å². The van der Waals surface area contributed by atoms with E-state index in [1.807, 2.05) is 13.8 Å². The molecule has 2 unspecified atom stereocenters. The molecule has 1 aliphatic rings. The molecular weight excluding hydrogens is 325 g/mol. The zero-order chi connectivity index (χ0) is 14.9. The van der Waals surface area contributed by atoms with Gasteiger partial charge in [-0.1, -0.05) is 28.9 Å². The van der Waals surface area contributed by atoms with E-state index in [2.05, 4.69) is 20.8 Å². The van der Waals surface area contributed by atoms with Gasteiger partial charge >= 0.3 is 5.97 Å². The van der Waals surface area contributed by atoms with Crippen LogP contribution in [0.2, 0.25) is 0 Å². The van der Waals surface area contributed by atoms with Gasteiger partial charge in [0, 0.05) is 17.1 Å². The number of carboxylic acids is 1. The van der Waals surface area contributed by atoms with Crippen molar-refractivity contribution in [3.8, 4) is 0 Å². The third-order valence-electron chi connectivity index (χ3n) is 4.47. The van der Waals surface area contributed by atoms with Gasteiger partial charge in [0.15, 0.2) is 0 Å². The highest BCUT2D eigenvalue weighted by Gasteiger charge is 2.44. The molecule has 0 aromatic heterocycles. The van der Waals surface area contributed by atoms with Crippen molar-refractivity contribution in [1.29, 1.82) is 0 Å². The predicted octanol–water partition coefficient (Wildman–Crippen LogP) is 3.84. The standard InChI is InChI=1S/C15H19BrFNO2/c1-3-15(14(19)20)6-7-18(9-15)10(2)12-5-4-11(17)8-13(12)16/h4-5,8,10H,3,6-7,9H2,1-2H3,(H,19,20). The van der Waals surface area contributed by atoms with Crippen molar-refractivity contribution in [2.75, 3.05) is 13.1 Å². The monoisotopic (exact) mass is 343 g/mol. The van der Waals surface area contributed by atoms with Gasteiger partial charge in [0.1, 0.15) is 5.82 Å². The van der Waals surface area contributed by atoms with Crippen molar-refractivity contribution in [3.63, 3.8) is 0 Å². The van der Waals surface area contributed by atoms with Gasteiger partial charge < -0.3 is 5.11 Å². The average Bonchev–Trinajstić information content (AvgIpc) is 2.83. The van der Waals surface area contributed by atoms with E-state index in [1.54, 1.807) is 6.07 Å². The van der Waals surface area contributed by atoms with Crippen LogP contribution in [0.5, 0.6) is 0 Å². The fraction of sp³-hybridized carbons (Fsp3) is 0.533. The van der Waals surface area contributed by atoms with Crippen molar-refractivity contribution < 1.29 is 14.3 Å². The van der Waals surface area contributed by atoms with Gasteiger partial charge in [-0.25, -0.2) is 4.39 Å². The number of carbonyl (C=O) groups is 1. The van der Waals surface area contributed by atoms with Crippen molar-refractivity contribution in [3.05, 3.63) is 34.1 Å². The van der Waals surface area contributed by atoms with Crippen LogP contribution in [0.15, 0.2) is 22.7 Å². The molecule has 1 saturated heterocycles. The van der Waals surface area contributed by atoms with Crippen LogP contribution in [0.3, 0.4) is 0 Å². The molecule has 0 spiro atoms. The lowest BCUT2D eigenvalue weighted by molar-refractivity contribution is -0.148. The maximum atomic E-state index is 13.2. The lowest BCUT2D eigenvalue weighted by Gasteiger charge is -2.28. The van der Waals surface area contributed by atoms with Gasteiger partial charge in [0.05, 0.1) is 5.41 Å².